The maximum absolute atomic E-state index is 11.8. The van der Waals surface area contributed by atoms with Gasteiger partial charge in [-0.05, 0) is 38.5 Å². The van der Waals surface area contributed by atoms with Crippen molar-refractivity contribution in [2.24, 2.45) is 4.99 Å². The number of guanidine groups is 1. The largest absolute Gasteiger partial charge is 0.356 e. The van der Waals surface area contributed by atoms with E-state index in [2.05, 4.69) is 32.9 Å². The zero-order chi connectivity index (χ0) is 18.9. The van der Waals surface area contributed by atoms with Crippen LogP contribution >= 0.6 is 35.3 Å². The molecule has 8 heteroatoms. The van der Waals surface area contributed by atoms with Crippen molar-refractivity contribution in [2.45, 2.75) is 33.7 Å². The molecule has 0 bridgehead atoms. The number of carbonyl (C=O) groups is 1. The first-order chi connectivity index (χ1) is 12.5. The highest BCUT2D eigenvalue weighted by Crippen LogP contribution is 2.16. The lowest BCUT2D eigenvalue weighted by Gasteiger charge is -2.11. The van der Waals surface area contributed by atoms with Gasteiger partial charge in [0.15, 0.2) is 5.96 Å². The second-order valence-corrected chi connectivity index (χ2v) is 7.20. The van der Waals surface area contributed by atoms with Gasteiger partial charge in [0.2, 0.25) is 0 Å². The van der Waals surface area contributed by atoms with Gasteiger partial charge in [0.25, 0.3) is 5.91 Å². The van der Waals surface area contributed by atoms with Gasteiger partial charge in [-0.3, -0.25) is 9.79 Å². The molecule has 0 spiro atoms. The lowest BCUT2D eigenvalue weighted by Crippen LogP contribution is -2.37. The van der Waals surface area contributed by atoms with E-state index in [0.29, 0.717) is 18.7 Å². The molecular formula is C19H28IN5OS. The van der Waals surface area contributed by atoms with E-state index in [4.69, 9.17) is 0 Å². The van der Waals surface area contributed by atoms with Crippen LogP contribution in [0.3, 0.4) is 0 Å². The van der Waals surface area contributed by atoms with E-state index in [1.165, 1.54) is 4.88 Å². The number of halogens is 1. The number of carbonyl (C=O) groups excluding carboxylic acids is 1. The molecule has 1 aromatic carbocycles. The Hall–Kier alpha value is -1.68. The van der Waals surface area contributed by atoms with Crippen LogP contribution in [0.15, 0.2) is 29.3 Å². The number of aliphatic imine (C=N–C) groups is 1. The lowest BCUT2D eigenvalue weighted by atomic mass is 10.1. The summed E-state index contributed by atoms with van der Waals surface area (Å²) in [5.41, 5.74) is 2.88. The van der Waals surface area contributed by atoms with E-state index in [0.717, 1.165) is 35.2 Å². The summed E-state index contributed by atoms with van der Waals surface area (Å²) < 4.78 is 0. The summed E-state index contributed by atoms with van der Waals surface area (Å²) >= 11 is 1.75. The number of hydrogen-bond donors (Lipinski definition) is 3. The minimum atomic E-state index is -0.0443. The summed E-state index contributed by atoms with van der Waals surface area (Å²) in [6.07, 6.45) is 0.876. The summed E-state index contributed by atoms with van der Waals surface area (Å²) in [6.45, 7) is 8.10. The standard InChI is InChI=1S/C19H27N5OS.HI/c1-5-21-18(25)16-8-6-15(7-9-16)12-23-19(20-4)22-11-10-17-24-13(2)14(3)26-17;/h6-9H,5,10-12H2,1-4H3,(H,21,25)(H2,20,22,23);1H. The number of hydrogen-bond acceptors (Lipinski definition) is 4. The topological polar surface area (TPSA) is 78.4 Å². The Labute approximate surface area is 182 Å². The van der Waals surface area contributed by atoms with E-state index >= 15 is 0 Å². The van der Waals surface area contributed by atoms with Crippen molar-refractivity contribution in [3.63, 3.8) is 0 Å². The molecule has 27 heavy (non-hydrogen) atoms. The molecular weight excluding hydrogens is 473 g/mol. The Morgan fingerprint density at radius 2 is 1.85 bits per heavy atom. The number of amides is 1. The van der Waals surface area contributed by atoms with E-state index in [-0.39, 0.29) is 29.9 Å². The summed E-state index contributed by atoms with van der Waals surface area (Å²) in [5, 5.41) is 10.5. The van der Waals surface area contributed by atoms with E-state index < -0.39 is 0 Å². The van der Waals surface area contributed by atoms with E-state index in [1.807, 2.05) is 38.1 Å². The highest BCUT2D eigenvalue weighted by Gasteiger charge is 2.05. The van der Waals surface area contributed by atoms with Crippen LogP contribution in [0.2, 0.25) is 0 Å². The van der Waals surface area contributed by atoms with Gasteiger partial charge in [0.05, 0.1) is 10.7 Å². The number of nitrogens with zero attached hydrogens (tertiary/aromatic N) is 2. The molecule has 0 saturated carbocycles. The molecule has 0 atom stereocenters. The number of benzene rings is 1. The fourth-order valence-electron chi connectivity index (χ4n) is 2.38. The number of nitrogens with one attached hydrogen (secondary N) is 3. The van der Waals surface area contributed by atoms with Crippen molar-refractivity contribution in [1.82, 2.24) is 20.9 Å². The van der Waals surface area contributed by atoms with Gasteiger partial charge in [-0.25, -0.2) is 4.98 Å². The minimum absolute atomic E-state index is 0. The molecule has 0 aliphatic carbocycles. The number of thiazole rings is 1. The molecule has 1 aromatic heterocycles. The molecule has 0 fully saturated rings. The first kappa shape index (κ1) is 23.4. The molecule has 1 amide bonds. The zero-order valence-electron chi connectivity index (χ0n) is 16.3. The Morgan fingerprint density at radius 3 is 2.41 bits per heavy atom. The van der Waals surface area contributed by atoms with Crippen molar-refractivity contribution in [2.75, 3.05) is 20.1 Å². The van der Waals surface area contributed by atoms with Crippen molar-refractivity contribution in [1.29, 1.82) is 0 Å². The highest BCUT2D eigenvalue weighted by atomic mass is 127. The SMILES string of the molecule is CCNC(=O)c1ccc(CNC(=NC)NCCc2nc(C)c(C)s2)cc1.I. The van der Waals surface area contributed by atoms with Crippen LogP contribution in [0.5, 0.6) is 0 Å². The average Bonchev–Trinajstić information content (AvgIpc) is 2.96. The highest BCUT2D eigenvalue weighted by molar-refractivity contribution is 14.0. The molecule has 3 N–H and O–H groups in total. The fourth-order valence-corrected chi connectivity index (χ4v) is 3.31. The van der Waals surface area contributed by atoms with E-state index in [1.54, 1.807) is 18.4 Å². The second kappa shape index (κ2) is 11.9. The predicted molar refractivity (Wildman–Crippen MR) is 123 cm³/mol. The van der Waals surface area contributed by atoms with Crippen LogP contribution in [0.4, 0.5) is 0 Å². The molecule has 1 heterocycles. The summed E-state index contributed by atoms with van der Waals surface area (Å²) in [4.78, 5) is 21.8. The first-order valence-corrected chi connectivity index (χ1v) is 9.59. The zero-order valence-corrected chi connectivity index (χ0v) is 19.4. The molecule has 0 radical (unpaired) electrons. The number of rotatable bonds is 7. The van der Waals surface area contributed by atoms with Crippen molar-refractivity contribution in [3.8, 4) is 0 Å². The average molecular weight is 501 g/mol. The first-order valence-electron chi connectivity index (χ1n) is 8.78. The third kappa shape index (κ3) is 7.45. The van der Waals surface area contributed by atoms with Gasteiger partial charge >= 0.3 is 0 Å². The maximum atomic E-state index is 11.8. The third-order valence-electron chi connectivity index (χ3n) is 3.94. The number of aryl methyl sites for hydroxylation is 2. The van der Waals surface area contributed by atoms with Crippen LogP contribution < -0.4 is 16.0 Å². The van der Waals surface area contributed by atoms with Gasteiger partial charge in [0.1, 0.15) is 0 Å². The molecule has 2 rings (SSSR count). The van der Waals surface area contributed by atoms with Crippen molar-refractivity contribution < 1.29 is 4.79 Å². The molecule has 0 aliphatic heterocycles. The molecule has 148 valence electrons. The minimum Gasteiger partial charge on any atom is -0.356 e. The van der Waals surface area contributed by atoms with Crippen LogP contribution in [-0.4, -0.2) is 37.0 Å². The Balaban J connectivity index is 0.00000364. The normalized spacial score (nSPS) is 10.9. The third-order valence-corrected chi connectivity index (χ3v) is 5.07. The monoisotopic (exact) mass is 501 g/mol. The van der Waals surface area contributed by atoms with Gasteiger partial charge in [-0.2, -0.15) is 0 Å². The molecule has 0 aliphatic rings. The molecule has 2 aromatic rings. The van der Waals surface area contributed by atoms with Gasteiger partial charge in [-0.1, -0.05) is 12.1 Å². The van der Waals surface area contributed by atoms with Gasteiger partial charge < -0.3 is 16.0 Å². The smallest absolute Gasteiger partial charge is 0.251 e. The summed E-state index contributed by atoms with van der Waals surface area (Å²) in [6, 6.07) is 7.58. The summed E-state index contributed by atoms with van der Waals surface area (Å²) in [5.74, 6) is 0.708. The summed E-state index contributed by atoms with van der Waals surface area (Å²) in [7, 11) is 1.76. The van der Waals surface area contributed by atoms with Crippen LogP contribution in [0.25, 0.3) is 0 Å². The quantitative estimate of drug-likeness (QED) is 0.310. The Morgan fingerprint density at radius 1 is 1.15 bits per heavy atom. The van der Waals surface area contributed by atoms with Crippen LogP contribution in [0.1, 0.15) is 38.4 Å². The Bertz CT molecular complexity index is 738. The van der Waals surface area contributed by atoms with Crippen LogP contribution in [-0.2, 0) is 13.0 Å². The molecule has 0 unspecified atom stereocenters. The lowest BCUT2D eigenvalue weighted by molar-refractivity contribution is 0.0956. The van der Waals surface area contributed by atoms with E-state index in [9.17, 15) is 4.79 Å². The second-order valence-electron chi connectivity index (χ2n) is 5.91. The van der Waals surface area contributed by atoms with Crippen LogP contribution in [0, 0.1) is 13.8 Å². The van der Waals surface area contributed by atoms with Crippen molar-refractivity contribution in [3.05, 3.63) is 51.0 Å². The Kier molecular flexibility index (Phi) is 10.3. The molecule has 6 nitrogen and oxygen atoms in total. The van der Waals surface area contributed by atoms with Crippen molar-refractivity contribution >= 4 is 47.2 Å². The maximum Gasteiger partial charge on any atom is 0.251 e. The fraction of sp³-hybridized carbons (Fsp3) is 0.421. The molecule has 0 saturated heterocycles. The number of aromatic nitrogens is 1. The predicted octanol–water partition coefficient (Wildman–Crippen LogP) is 3.04. The van der Waals surface area contributed by atoms with Gasteiger partial charge in [0, 0.05) is 43.5 Å². The van der Waals surface area contributed by atoms with Gasteiger partial charge in [-0.15, -0.1) is 35.3 Å².